The molecule has 1 heterocycles. The van der Waals surface area contributed by atoms with Gasteiger partial charge in [0.1, 0.15) is 6.04 Å². The van der Waals surface area contributed by atoms with Crippen molar-refractivity contribution in [1.29, 1.82) is 5.26 Å². The van der Waals surface area contributed by atoms with Gasteiger partial charge in [-0.15, -0.1) is 0 Å². The first-order chi connectivity index (χ1) is 3.84. The fourth-order valence-electron chi connectivity index (χ4n) is 0.570. The van der Waals surface area contributed by atoms with E-state index in [1.54, 1.807) is 12.1 Å². The molecule has 0 aromatic rings. The zero-order chi connectivity index (χ0) is 5.98. The Morgan fingerprint density at radius 2 is 2.75 bits per heavy atom. The highest BCUT2D eigenvalue weighted by molar-refractivity contribution is 5.60. The second kappa shape index (κ2) is 1.83. The Balaban J connectivity index is 2.54. The molecule has 1 aliphatic rings. The maximum absolute atomic E-state index is 8.34. The molecule has 3 nitrogen and oxygen atoms in total. The number of hydrogen-bond donors (Lipinski definition) is 0. The standard InChI is InChI=1S/C5H6N3/c1-8-5(4-6)2-3-7-8/h5H,2H2,1H3. The second-order valence-corrected chi connectivity index (χ2v) is 1.68. The zero-order valence-corrected chi connectivity index (χ0v) is 4.63. The molecule has 0 N–H and O–H groups in total. The van der Waals surface area contributed by atoms with E-state index in [1.165, 1.54) is 0 Å². The van der Waals surface area contributed by atoms with Gasteiger partial charge in [-0.05, 0) is 0 Å². The Labute approximate surface area is 48.2 Å². The molecule has 0 saturated carbocycles. The SMILES string of the molecule is CN1N=[C]CC1C#N. The Morgan fingerprint density at radius 3 is 3.00 bits per heavy atom. The van der Waals surface area contributed by atoms with E-state index >= 15 is 0 Å². The molecule has 0 spiro atoms. The monoisotopic (exact) mass is 108 g/mol. The first kappa shape index (κ1) is 5.10. The van der Waals surface area contributed by atoms with Crippen LogP contribution < -0.4 is 0 Å². The summed E-state index contributed by atoms with van der Waals surface area (Å²) < 4.78 is 0. The quantitative estimate of drug-likeness (QED) is 0.440. The van der Waals surface area contributed by atoms with E-state index in [0.717, 1.165) is 0 Å². The Bertz CT molecular complexity index is 144. The van der Waals surface area contributed by atoms with Gasteiger partial charge in [-0.3, -0.25) is 5.01 Å². The molecule has 0 aliphatic carbocycles. The van der Waals surface area contributed by atoms with Crippen LogP contribution in [0.5, 0.6) is 0 Å². The molecular weight excluding hydrogens is 102 g/mol. The van der Waals surface area contributed by atoms with Gasteiger partial charge in [0.2, 0.25) is 0 Å². The van der Waals surface area contributed by atoms with Crippen LogP contribution in [0.3, 0.4) is 0 Å². The molecule has 0 bridgehead atoms. The van der Waals surface area contributed by atoms with Gasteiger partial charge in [-0.1, -0.05) is 0 Å². The first-order valence-electron chi connectivity index (χ1n) is 2.40. The van der Waals surface area contributed by atoms with Crippen molar-refractivity contribution in [3.05, 3.63) is 0 Å². The Kier molecular flexibility index (Phi) is 1.17. The third-order valence-corrected chi connectivity index (χ3v) is 1.11. The van der Waals surface area contributed by atoms with Crippen LogP contribution in [0.25, 0.3) is 0 Å². The van der Waals surface area contributed by atoms with E-state index < -0.39 is 0 Å². The van der Waals surface area contributed by atoms with Crippen LogP contribution in [0.4, 0.5) is 0 Å². The minimum atomic E-state index is -0.0741. The summed E-state index contributed by atoms with van der Waals surface area (Å²) in [5, 5.41) is 13.7. The lowest BCUT2D eigenvalue weighted by molar-refractivity contribution is 0.336. The van der Waals surface area contributed by atoms with Gasteiger partial charge in [0.25, 0.3) is 0 Å². The summed E-state index contributed by atoms with van der Waals surface area (Å²) in [7, 11) is 1.77. The molecule has 0 aromatic heterocycles. The van der Waals surface area contributed by atoms with Crippen molar-refractivity contribution < 1.29 is 0 Å². The average molecular weight is 108 g/mol. The van der Waals surface area contributed by atoms with Crippen LogP contribution in [0.1, 0.15) is 6.42 Å². The number of rotatable bonds is 0. The number of hydrazone groups is 1. The zero-order valence-electron chi connectivity index (χ0n) is 4.63. The molecular formula is C5H6N3. The predicted octanol–water partition coefficient (Wildman–Crippen LogP) is 0.0769. The molecule has 1 atom stereocenters. The number of hydrogen-bond acceptors (Lipinski definition) is 3. The Morgan fingerprint density at radius 1 is 2.00 bits per heavy atom. The highest BCUT2D eigenvalue weighted by atomic mass is 15.5. The molecule has 8 heavy (non-hydrogen) atoms. The van der Waals surface area contributed by atoms with Gasteiger partial charge >= 0.3 is 0 Å². The highest BCUT2D eigenvalue weighted by Crippen LogP contribution is 2.04. The summed E-state index contributed by atoms with van der Waals surface area (Å²) in [6.07, 6.45) is 3.35. The summed E-state index contributed by atoms with van der Waals surface area (Å²) in [4.78, 5) is 0. The van der Waals surface area contributed by atoms with E-state index in [-0.39, 0.29) is 6.04 Å². The van der Waals surface area contributed by atoms with Crippen LogP contribution >= 0.6 is 0 Å². The summed E-state index contributed by atoms with van der Waals surface area (Å²) in [6, 6.07) is 2.01. The Hall–Kier alpha value is -1.04. The molecule has 1 radical (unpaired) electrons. The molecule has 0 saturated heterocycles. The van der Waals surface area contributed by atoms with Gasteiger partial charge in [0.05, 0.1) is 12.3 Å². The van der Waals surface area contributed by atoms with E-state index in [9.17, 15) is 0 Å². The van der Waals surface area contributed by atoms with Crippen molar-refractivity contribution in [3.63, 3.8) is 0 Å². The summed E-state index contributed by atoms with van der Waals surface area (Å²) >= 11 is 0. The molecule has 1 rings (SSSR count). The van der Waals surface area contributed by atoms with Gasteiger partial charge in [-0.2, -0.15) is 10.4 Å². The lowest BCUT2D eigenvalue weighted by Gasteiger charge is -2.08. The van der Waals surface area contributed by atoms with E-state index in [2.05, 4.69) is 17.4 Å². The minimum Gasteiger partial charge on any atom is -0.282 e. The number of nitriles is 1. The smallest absolute Gasteiger partial charge is 0.139 e. The van der Waals surface area contributed by atoms with E-state index in [4.69, 9.17) is 5.26 Å². The maximum Gasteiger partial charge on any atom is 0.139 e. The predicted molar refractivity (Wildman–Crippen MR) is 29.2 cm³/mol. The van der Waals surface area contributed by atoms with Crippen molar-refractivity contribution in [2.24, 2.45) is 5.10 Å². The first-order valence-corrected chi connectivity index (χ1v) is 2.40. The normalized spacial score (nSPS) is 26.0. The summed E-state index contributed by atoms with van der Waals surface area (Å²) in [6.45, 7) is 0. The lowest BCUT2D eigenvalue weighted by atomic mass is 10.3. The van der Waals surface area contributed by atoms with Gasteiger partial charge in [0, 0.05) is 13.5 Å². The molecule has 3 heteroatoms. The lowest BCUT2D eigenvalue weighted by Crippen LogP contribution is -2.19. The van der Waals surface area contributed by atoms with Crippen molar-refractivity contribution in [3.8, 4) is 6.07 Å². The average Bonchev–Trinajstić information content (AvgIpc) is 2.14. The summed E-state index contributed by atoms with van der Waals surface area (Å²) in [5.41, 5.74) is 0. The molecule has 1 aliphatic heterocycles. The second-order valence-electron chi connectivity index (χ2n) is 1.68. The maximum atomic E-state index is 8.34. The van der Waals surface area contributed by atoms with Crippen molar-refractivity contribution in [2.45, 2.75) is 12.5 Å². The number of nitrogens with zero attached hydrogens (tertiary/aromatic N) is 3. The van der Waals surface area contributed by atoms with Crippen LogP contribution in [-0.2, 0) is 0 Å². The van der Waals surface area contributed by atoms with Gasteiger partial charge in [0.15, 0.2) is 0 Å². The minimum absolute atomic E-state index is 0.0741. The molecule has 0 aromatic carbocycles. The van der Waals surface area contributed by atoms with Gasteiger partial charge < -0.3 is 0 Å². The van der Waals surface area contributed by atoms with E-state index in [0.29, 0.717) is 6.42 Å². The highest BCUT2D eigenvalue weighted by Gasteiger charge is 2.14. The fourth-order valence-corrected chi connectivity index (χ4v) is 0.570. The van der Waals surface area contributed by atoms with Crippen molar-refractivity contribution in [2.75, 3.05) is 7.05 Å². The third kappa shape index (κ3) is 0.648. The fraction of sp³-hybridized carbons (Fsp3) is 0.600. The summed E-state index contributed by atoms with van der Waals surface area (Å²) in [5.74, 6) is 0. The van der Waals surface area contributed by atoms with Crippen LogP contribution in [-0.4, -0.2) is 24.3 Å². The largest absolute Gasteiger partial charge is 0.282 e. The van der Waals surface area contributed by atoms with Crippen LogP contribution in [0, 0.1) is 11.3 Å². The molecule has 41 valence electrons. The van der Waals surface area contributed by atoms with Crippen molar-refractivity contribution in [1.82, 2.24) is 5.01 Å². The van der Waals surface area contributed by atoms with E-state index in [1.807, 2.05) is 0 Å². The topological polar surface area (TPSA) is 39.4 Å². The third-order valence-electron chi connectivity index (χ3n) is 1.11. The van der Waals surface area contributed by atoms with Crippen LogP contribution in [0.2, 0.25) is 0 Å². The molecule has 0 fully saturated rings. The van der Waals surface area contributed by atoms with Crippen LogP contribution in [0.15, 0.2) is 5.10 Å². The van der Waals surface area contributed by atoms with Gasteiger partial charge in [-0.25, -0.2) is 0 Å². The van der Waals surface area contributed by atoms with Crippen molar-refractivity contribution >= 4 is 6.21 Å². The molecule has 0 amide bonds. The molecule has 1 unspecified atom stereocenters.